The summed E-state index contributed by atoms with van der Waals surface area (Å²) in [7, 11) is 0. The van der Waals surface area contributed by atoms with Gasteiger partial charge in [-0.15, -0.1) is 0 Å². The van der Waals surface area contributed by atoms with Crippen molar-refractivity contribution in [3.05, 3.63) is 40.4 Å². The molecule has 4 heterocycles. The van der Waals surface area contributed by atoms with E-state index in [4.69, 9.17) is 21.9 Å². The molecule has 6 rings (SSSR count). The number of rotatable bonds is 8. The van der Waals surface area contributed by atoms with Crippen LogP contribution in [0.4, 0.5) is 11.5 Å². The monoisotopic (exact) mass is 593 g/mol. The first kappa shape index (κ1) is 30.0. The molecule has 2 saturated heterocycles. The van der Waals surface area contributed by atoms with Gasteiger partial charge in [0.25, 0.3) is 0 Å². The van der Waals surface area contributed by atoms with Crippen LogP contribution in [0.1, 0.15) is 81.7 Å². The number of amides is 1. The third kappa shape index (κ3) is 6.73. The quantitative estimate of drug-likeness (QED) is 0.193. The minimum atomic E-state index is -0.659. The SMILES string of the molecule is NC(N)NCCCN1CCCC(n2cc3c(nc2=O)Nc2cc(C4CCN(C(=O)C5(N)CCCC5)CC4)ccc2O3)CC1. The Hall–Kier alpha value is -3.03. The zero-order chi connectivity index (χ0) is 30.0. The fourth-order valence-electron chi connectivity index (χ4n) is 7.27. The lowest BCUT2D eigenvalue weighted by Gasteiger charge is -2.37. The molecule has 0 radical (unpaired) electrons. The molecule has 4 aliphatic rings. The number of likely N-dealkylation sites (tertiary alicyclic amines) is 2. The van der Waals surface area contributed by atoms with Gasteiger partial charge in [0.2, 0.25) is 5.91 Å². The molecule has 2 aromatic rings. The van der Waals surface area contributed by atoms with Gasteiger partial charge in [-0.1, -0.05) is 18.9 Å². The summed E-state index contributed by atoms with van der Waals surface area (Å²) in [4.78, 5) is 35.0. The van der Waals surface area contributed by atoms with Crippen molar-refractivity contribution >= 4 is 17.4 Å². The summed E-state index contributed by atoms with van der Waals surface area (Å²) in [5.41, 5.74) is 18.7. The van der Waals surface area contributed by atoms with Gasteiger partial charge in [0.15, 0.2) is 17.3 Å². The number of nitrogens with one attached hydrogen (secondary N) is 2. The third-order valence-electron chi connectivity index (χ3n) is 9.78. The molecule has 1 atom stereocenters. The summed E-state index contributed by atoms with van der Waals surface area (Å²) >= 11 is 0. The Bertz CT molecular complexity index is 1350. The van der Waals surface area contributed by atoms with E-state index in [-0.39, 0.29) is 17.6 Å². The summed E-state index contributed by atoms with van der Waals surface area (Å²) < 4.78 is 8.03. The molecular weight excluding hydrogens is 546 g/mol. The van der Waals surface area contributed by atoms with Gasteiger partial charge in [-0.3, -0.25) is 14.7 Å². The Morgan fingerprint density at radius 1 is 1.07 bits per heavy atom. The number of anilines is 2. The molecule has 1 aromatic heterocycles. The molecule has 0 spiro atoms. The minimum absolute atomic E-state index is 0.0822. The number of benzene rings is 1. The van der Waals surface area contributed by atoms with E-state index in [9.17, 15) is 9.59 Å². The maximum Gasteiger partial charge on any atom is 0.350 e. The summed E-state index contributed by atoms with van der Waals surface area (Å²) in [6, 6.07) is 6.30. The van der Waals surface area contributed by atoms with Gasteiger partial charge in [-0.25, -0.2) is 4.79 Å². The number of ether oxygens (including phenoxy) is 1. The molecule has 1 aromatic carbocycles. The molecule has 1 amide bonds. The predicted molar refractivity (Wildman–Crippen MR) is 166 cm³/mol. The van der Waals surface area contributed by atoms with E-state index in [0.717, 1.165) is 115 Å². The normalized spacial score (nSPS) is 22.4. The van der Waals surface area contributed by atoms with Crippen molar-refractivity contribution in [2.24, 2.45) is 17.2 Å². The Balaban J connectivity index is 1.07. The summed E-state index contributed by atoms with van der Waals surface area (Å²) in [6.07, 6.45) is 10.6. The van der Waals surface area contributed by atoms with Crippen LogP contribution < -0.4 is 38.3 Å². The first-order valence-electron chi connectivity index (χ1n) is 16.1. The van der Waals surface area contributed by atoms with Crippen LogP contribution in [0.25, 0.3) is 0 Å². The summed E-state index contributed by atoms with van der Waals surface area (Å²) in [5, 5.41) is 6.41. The van der Waals surface area contributed by atoms with E-state index in [0.29, 0.717) is 17.5 Å². The van der Waals surface area contributed by atoms with Gasteiger partial charge < -0.3 is 37.1 Å². The van der Waals surface area contributed by atoms with Crippen molar-refractivity contribution in [1.29, 1.82) is 0 Å². The maximum atomic E-state index is 13.2. The Kier molecular flexibility index (Phi) is 9.01. The fraction of sp³-hybridized carbons (Fsp3) is 0.645. The zero-order valence-corrected chi connectivity index (χ0v) is 25.1. The van der Waals surface area contributed by atoms with Crippen LogP contribution in [0.5, 0.6) is 11.5 Å². The summed E-state index contributed by atoms with van der Waals surface area (Å²) in [6.45, 7) is 5.15. The van der Waals surface area contributed by atoms with Gasteiger partial charge in [-0.2, -0.15) is 4.98 Å². The highest BCUT2D eigenvalue weighted by Crippen LogP contribution is 2.43. The number of fused-ring (bicyclic) bond motifs is 2. The average molecular weight is 594 g/mol. The van der Waals surface area contributed by atoms with Gasteiger partial charge in [0, 0.05) is 25.7 Å². The van der Waals surface area contributed by atoms with Gasteiger partial charge >= 0.3 is 5.69 Å². The van der Waals surface area contributed by atoms with Crippen molar-refractivity contribution in [1.82, 2.24) is 24.7 Å². The van der Waals surface area contributed by atoms with E-state index in [1.54, 1.807) is 4.57 Å². The lowest BCUT2D eigenvalue weighted by atomic mass is 9.87. The average Bonchev–Trinajstić information content (AvgIpc) is 3.32. The topological polar surface area (TPSA) is 170 Å². The second kappa shape index (κ2) is 12.9. The molecule has 3 fully saturated rings. The zero-order valence-electron chi connectivity index (χ0n) is 25.1. The molecule has 1 aliphatic carbocycles. The van der Waals surface area contributed by atoms with Gasteiger partial charge in [0.05, 0.1) is 17.4 Å². The molecular formula is C31H47N9O3. The molecule has 8 N–H and O–H groups in total. The van der Waals surface area contributed by atoms with Crippen LogP contribution >= 0.6 is 0 Å². The lowest BCUT2D eigenvalue weighted by Crippen LogP contribution is -2.55. The smallest absolute Gasteiger partial charge is 0.350 e. The highest BCUT2D eigenvalue weighted by atomic mass is 16.5. The lowest BCUT2D eigenvalue weighted by molar-refractivity contribution is -0.137. The summed E-state index contributed by atoms with van der Waals surface area (Å²) in [5.74, 6) is 2.22. The first-order valence-corrected chi connectivity index (χ1v) is 16.1. The van der Waals surface area contributed by atoms with Gasteiger partial charge in [-0.05, 0) is 94.6 Å². The molecule has 1 unspecified atom stereocenters. The van der Waals surface area contributed by atoms with E-state index in [1.165, 1.54) is 5.56 Å². The number of nitrogens with zero attached hydrogens (tertiary/aromatic N) is 4. The number of nitrogens with two attached hydrogens (primary N) is 3. The van der Waals surface area contributed by atoms with Crippen LogP contribution in [0.2, 0.25) is 0 Å². The van der Waals surface area contributed by atoms with Crippen molar-refractivity contribution in [2.45, 2.75) is 88.0 Å². The number of piperidine rings is 1. The molecule has 12 heteroatoms. The molecule has 0 bridgehead atoms. The van der Waals surface area contributed by atoms with Crippen LogP contribution in [0.15, 0.2) is 29.2 Å². The van der Waals surface area contributed by atoms with Crippen molar-refractivity contribution in [3.63, 3.8) is 0 Å². The number of hydrogen-bond acceptors (Lipinski definition) is 10. The molecule has 1 saturated carbocycles. The standard InChI is InChI=1S/C31H47N9O3/c32-29(33)35-13-4-15-38-14-3-5-23(10-16-38)40-20-26-27(37-30(40)42)36-24-19-22(6-7-25(24)43-26)21-8-17-39(18-9-21)28(41)31(34)11-1-2-12-31/h6-7,19-21,23,29,35H,1-5,8-18,32-34H2,(H,36,37,42). The molecule has 234 valence electrons. The number of carbonyl (C=O) groups excluding carboxylic acids is 1. The highest BCUT2D eigenvalue weighted by molar-refractivity contribution is 5.86. The van der Waals surface area contributed by atoms with E-state index >= 15 is 0 Å². The molecule has 3 aliphatic heterocycles. The van der Waals surface area contributed by atoms with Crippen molar-refractivity contribution in [2.75, 3.05) is 44.6 Å². The van der Waals surface area contributed by atoms with Crippen LogP contribution in [-0.4, -0.2) is 76.4 Å². The predicted octanol–water partition coefficient (Wildman–Crippen LogP) is 2.28. The number of carbonyl (C=O) groups is 1. The Labute approximate surface area is 253 Å². The maximum absolute atomic E-state index is 13.2. The van der Waals surface area contributed by atoms with E-state index < -0.39 is 11.8 Å². The Morgan fingerprint density at radius 3 is 2.63 bits per heavy atom. The third-order valence-corrected chi connectivity index (χ3v) is 9.78. The fourth-order valence-corrected chi connectivity index (χ4v) is 7.27. The first-order chi connectivity index (χ1) is 20.8. The Morgan fingerprint density at radius 2 is 1.86 bits per heavy atom. The molecule has 43 heavy (non-hydrogen) atoms. The van der Waals surface area contributed by atoms with Crippen LogP contribution in [-0.2, 0) is 4.79 Å². The van der Waals surface area contributed by atoms with Crippen molar-refractivity contribution < 1.29 is 9.53 Å². The number of aromatic nitrogens is 2. The largest absolute Gasteiger partial charge is 0.450 e. The van der Waals surface area contributed by atoms with E-state index in [1.807, 2.05) is 17.2 Å². The second-order valence-electron chi connectivity index (χ2n) is 12.8. The van der Waals surface area contributed by atoms with Crippen LogP contribution in [0.3, 0.4) is 0 Å². The second-order valence-corrected chi connectivity index (χ2v) is 12.8. The van der Waals surface area contributed by atoms with Gasteiger partial charge in [0.1, 0.15) is 6.29 Å². The van der Waals surface area contributed by atoms with E-state index in [2.05, 4.69) is 32.7 Å². The number of hydrogen-bond donors (Lipinski definition) is 5. The minimum Gasteiger partial charge on any atom is -0.450 e. The van der Waals surface area contributed by atoms with Crippen molar-refractivity contribution in [3.8, 4) is 11.5 Å². The van der Waals surface area contributed by atoms with Crippen LogP contribution in [0, 0.1) is 0 Å². The molecule has 12 nitrogen and oxygen atoms in total. The highest BCUT2D eigenvalue weighted by Gasteiger charge is 2.41.